The fourth-order valence-electron chi connectivity index (χ4n) is 0.255. The molecular weight excluding hydrogens is 122 g/mol. The molecular formula is C5H11NOS. The van der Waals surface area contributed by atoms with Crippen molar-refractivity contribution >= 4 is 17.9 Å². The van der Waals surface area contributed by atoms with Gasteiger partial charge in [0, 0.05) is 12.7 Å². The van der Waals surface area contributed by atoms with Crippen LogP contribution in [0.1, 0.15) is 20.3 Å². The Morgan fingerprint density at radius 2 is 2.38 bits per heavy atom. The molecule has 0 atom stereocenters. The monoisotopic (exact) mass is 133 g/mol. The van der Waals surface area contributed by atoms with Gasteiger partial charge in [0.05, 0.1) is 0 Å². The Kier molecular flexibility index (Phi) is 4.85. The molecule has 0 aliphatic rings. The van der Waals surface area contributed by atoms with E-state index in [1.165, 1.54) is 18.9 Å². The van der Waals surface area contributed by atoms with E-state index in [1.54, 1.807) is 0 Å². The summed E-state index contributed by atoms with van der Waals surface area (Å²) in [4.78, 5) is 10.2. The van der Waals surface area contributed by atoms with Crippen LogP contribution in [0.25, 0.3) is 0 Å². The molecule has 0 radical (unpaired) electrons. The van der Waals surface area contributed by atoms with E-state index >= 15 is 0 Å². The number of rotatable bonds is 3. The molecule has 0 aliphatic heterocycles. The van der Waals surface area contributed by atoms with E-state index in [2.05, 4.69) is 11.6 Å². The van der Waals surface area contributed by atoms with Gasteiger partial charge in [-0.1, -0.05) is 18.9 Å². The summed E-state index contributed by atoms with van der Waals surface area (Å²) < 4.78 is 2.62. The molecule has 0 unspecified atom stereocenters. The number of hydrogen-bond acceptors (Lipinski definition) is 2. The van der Waals surface area contributed by atoms with Crippen LogP contribution < -0.4 is 4.72 Å². The van der Waals surface area contributed by atoms with Crippen molar-refractivity contribution in [2.75, 3.05) is 5.75 Å². The van der Waals surface area contributed by atoms with Crippen LogP contribution in [0.2, 0.25) is 0 Å². The second-order valence-corrected chi connectivity index (χ2v) is 2.41. The first kappa shape index (κ1) is 7.82. The quantitative estimate of drug-likeness (QED) is 0.462. The molecule has 1 amide bonds. The van der Waals surface area contributed by atoms with Gasteiger partial charge in [-0.3, -0.25) is 4.79 Å². The lowest BCUT2D eigenvalue weighted by Crippen LogP contribution is -2.10. The highest BCUT2D eigenvalue weighted by atomic mass is 32.2. The molecule has 48 valence electrons. The van der Waals surface area contributed by atoms with E-state index in [0.717, 1.165) is 12.2 Å². The molecule has 0 aliphatic carbocycles. The van der Waals surface area contributed by atoms with Crippen LogP contribution in [0, 0.1) is 0 Å². The van der Waals surface area contributed by atoms with E-state index < -0.39 is 0 Å². The average Bonchev–Trinajstić information content (AvgIpc) is 1.66. The third-order valence-electron chi connectivity index (χ3n) is 0.522. The fraction of sp³-hybridized carbons (Fsp3) is 0.800. The Bertz CT molecular complexity index is 74.8. The average molecular weight is 133 g/mol. The summed E-state index contributed by atoms with van der Waals surface area (Å²) in [5, 5.41) is 0. The van der Waals surface area contributed by atoms with Gasteiger partial charge in [-0.25, -0.2) is 0 Å². The zero-order chi connectivity index (χ0) is 6.41. The molecule has 3 heteroatoms. The van der Waals surface area contributed by atoms with Gasteiger partial charge in [0.25, 0.3) is 0 Å². The van der Waals surface area contributed by atoms with Crippen molar-refractivity contribution in [2.24, 2.45) is 0 Å². The molecule has 2 nitrogen and oxygen atoms in total. The van der Waals surface area contributed by atoms with Gasteiger partial charge >= 0.3 is 0 Å². The first-order chi connectivity index (χ1) is 3.77. The van der Waals surface area contributed by atoms with Gasteiger partial charge in [-0.15, -0.1) is 0 Å². The molecule has 8 heavy (non-hydrogen) atoms. The molecule has 0 saturated carbocycles. The van der Waals surface area contributed by atoms with Crippen molar-refractivity contribution in [3.8, 4) is 0 Å². The molecule has 1 N–H and O–H groups in total. The molecule has 0 aromatic heterocycles. The largest absolute Gasteiger partial charge is 0.300 e. The van der Waals surface area contributed by atoms with Crippen LogP contribution in [0.15, 0.2) is 0 Å². The highest BCUT2D eigenvalue weighted by molar-refractivity contribution is 7.97. The summed E-state index contributed by atoms with van der Waals surface area (Å²) in [7, 11) is 0. The summed E-state index contributed by atoms with van der Waals surface area (Å²) in [5.41, 5.74) is 0. The van der Waals surface area contributed by atoms with Crippen molar-refractivity contribution in [1.29, 1.82) is 0 Å². The van der Waals surface area contributed by atoms with Gasteiger partial charge in [-0.05, 0) is 6.42 Å². The first-order valence-electron chi connectivity index (χ1n) is 2.65. The number of nitrogens with one attached hydrogen (secondary N) is 1. The Morgan fingerprint density at radius 3 is 2.75 bits per heavy atom. The van der Waals surface area contributed by atoms with Gasteiger partial charge in [-0.2, -0.15) is 0 Å². The molecule has 0 saturated heterocycles. The van der Waals surface area contributed by atoms with E-state index in [4.69, 9.17) is 0 Å². The van der Waals surface area contributed by atoms with Crippen molar-refractivity contribution in [3.05, 3.63) is 0 Å². The van der Waals surface area contributed by atoms with Crippen LogP contribution in [0.4, 0.5) is 0 Å². The first-order valence-corrected chi connectivity index (χ1v) is 3.64. The number of carbonyl (C=O) groups excluding carboxylic acids is 1. The lowest BCUT2D eigenvalue weighted by Gasteiger charge is -1.95. The van der Waals surface area contributed by atoms with Crippen LogP contribution in [0.5, 0.6) is 0 Å². The van der Waals surface area contributed by atoms with Crippen LogP contribution in [-0.4, -0.2) is 11.7 Å². The summed E-state index contributed by atoms with van der Waals surface area (Å²) in [6.07, 6.45) is 1.10. The maximum absolute atomic E-state index is 10.2. The highest BCUT2D eigenvalue weighted by Gasteiger charge is 1.86. The molecule has 0 spiro atoms. The van der Waals surface area contributed by atoms with Crippen LogP contribution in [0.3, 0.4) is 0 Å². The molecule has 0 heterocycles. The summed E-state index contributed by atoms with van der Waals surface area (Å²) >= 11 is 1.46. The Morgan fingerprint density at radius 1 is 1.75 bits per heavy atom. The Balaban J connectivity index is 2.82. The molecule has 0 aromatic rings. The van der Waals surface area contributed by atoms with Gasteiger partial charge < -0.3 is 4.72 Å². The number of amides is 1. The van der Waals surface area contributed by atoms with Gasteiger partial charge in [0.2, 0.25) is 5.91 Å². The maximum atomic E-state index is 10.2. The zero-order valence-electron chi connectivity index (χ0n) is 5.23. The minimum absolute atomic E-state index is 0.0310. The van der Waals surface area contributed by atoms with Crippen LogP contribution >= 0.6 is 11.9 Å². The third-order valence-corrected chi connectivity index (χ3v) is 1.57. The van der Waals surface area contributed by atoms with Crippen molar-refractivity contribution in [3.63, 3.8) is 0 Å². The molecule has 0 bridgehead atoms. The second-order valence-electron chi connectivity index (χ2n) is 1.51. The summed E-state index contributed by atoms with van der Waals surface area (Å²) in [5.74, 6) is 1.03. The zero-order valence-corrected chi connectivity index (χ0v) is 6.05. The maximum Gasteiger partial charge on any atom is 0.226 e. The minimum atomic E-state index is 0.0310. The topological polar surface area (TPSA) is 29.1 Å². The van der Waals surface area contributed by atoms with E-state index in [0.29, 0.717) is 0 Å². The van der Waals surface area contributed by atoms with Crippen molar-refractivity contribution < 1.29 is 4.79 Å². The fourth-order valence-corrected chi connectivity index (χ4v) is 0.764. The van der Waals surface area contributed by atoms with E-state index in [1.807, 2.05) is 0 Å². The van der Waals surface area contributed by atoms with Crippen molar-refractivity contribution in [1.82, 2.24) is 4.72 Å². The molecule has 0 rings (SSSR count). The predicted octanol–water partition coefficient (Wildman–Crippen LogP) is 1.18. The SMILES string of the molecule is CCCSNC(C)=O. The number of hydrogen-bond donors (Lipinski definition) is 1. The normalized spacial score (nSPS) is 8.75. The van der Waals surface area contributed by atoms with E-state index in [9.17, 15) is 4.79 Å². The third kappa shape index (κ3) is 5.82. The minimum Gasteiger partial charge on any atom is -0.300 e. The van der Waals surface area contributed by atoms with Gasteiger partial charge in [0.1, 0.15) is 0 Å². The van der Waals surface area contributed by atoms with E-state index in [-0.39, 0.29) is 5.91 Å². The van der Waals surface area contributed by atoms with Crippen molar-refractivity contribution in [2.45, 2.75) is 20.3 Å². The molecule has 0 fully saturated rings. The lowest BCUT2D eigenvalue weighted by atomic mass is 10.6. The Labute approximate surface area is 54.2 Å². The lowest BCUT2D eigenvalue weighted by molar-refractivity contribution is -0.117. The van der Waals surface area contributed by atoms with Crippen LogP contribution in [-0.2, 0) is 4.79 Å². The second kappa shape index (κ2) is 4.97. The summed E-state index contributed by atoms with van der Waals surface area (Å²) in [6.45, 7) is 3.59. The standard InChI is InChI=1S/C5H11NOS/c1-3-4-8-6-5(2)7/h3-4H2,1-2H3,(H,6,7). The van der Waals surface area contributed by atoms with Gasteiger partial charge in [0.15, 0.2) is 0 Å². The highest BCUT2D eigenvalue weighted by Crippen LogP contribution is 1.93. The Hall–Kier alpha value is -0.180. The smallest absolute Gasteiger partial charge is 0.226 e. The molecule has 0 aromatic carbocycles. The summed E-state index contributed by atoms with van der Waals surface area (Å²) in [6, 6.07) is 0. The predicted molar refractivity (Wildman–Crippen MR) is 36.6 cm³/mol. The number of carbonyl (C=O) groups is 1.